The summed E-state index contributed by atoms with van der Waals surface area (Å²) >= 11 is 0. The van der Waals surface area contributed by atoms with E-state index in [2.05, 4.69) is 12.2 Å². The maximum absolute atomic E-state index is 12.1. The highest BCUT2D eigenvalue weighted by Crippen LogP contribution is 2.17. The first-order valence-electron chi connectivity index (χ1n) is 6.48. The number of benzene rings is 1. The molecule has 1 unspecified atom stereocenters. The molecule has 1 aromatic carbocycles. The number of hydrogen-bond donors (Lipinski definition) is 2. The monoisotopic (exact) mass is 248 g/mol. The molecule has 2 N–H and O–H groups in total. The summed E-state index contributed by atoms with van der Waals surface area (Å²) in [4.78, 5) is 13.8. The highest BCUT2D eigenvalue weighted by molar-refractivity contribution is 5.82. The highest BCUT2D eigenvalue weighted by Gasteiger charge is 2.24. The number of aliphatic hydroxyl groups excluding tert-OH is 1. The van der Waals surface area contributed by atoms with Crippen LogP contribution < -0.4 is 5.32 Å². The molecule has 1 aliphatic heterocycles. The van der Waals surface area contributed by atoms with Crippen molar-refractivity contribution in [3.63, 3.8) is 0 Å². The summed E-state index contributed by atoms with van der Waals surface area (Å²) in [5.74, 6) is -0.194. The Hall–Kier alpha value is -1.39. The quantitative estimate of drug-likeness (QED) is 0.828. The van der Waals surface area contributed by atoms with Crippen LogP contribution in [0.25, 0.3) is 0 Å². The fraction of sp³-hybridized carbons (Fsp3) is 0.500. The van der Waals surface area contributed by atoms with E-state index < -0.39 is 6.10 Å². The smallest absolute Gasteiger partial charge is 0.256 e. The summed E-state index contributed by atoms with van der Waals surface area (Å²) in [5, 5.41) is 13.3. The van der Waals surface area contributed by atoms with Gasteiger partial charge in [-0.3, -0.25) is 4.79 Å². The van der Waals surface area contributed by atoms with Crippen LogP contribution in [0.1, 0.15) is 24.2 Å². The van der Waals surface area contributed by atoms with Crippen LogP contribution in [0.4, 0.5) is 0 Å². The molecule has 1 fully saturated rings. The number of carbonyl (C=O) groups excluding carboxylic acids is 1. The van der Waals surface area contributed by atoms with E-state index in [0.29, 0.717) is 18.7 Å². The molecule has 1 amide bonds. The molecule has 2 rings (SSSR count). The van der Waals surface area contributed by atoms with Crippen molar-refractivity contribution in [2.24, 2.45) is 0 Å². The zero-order chi connectivity index (χ0) is 13.0. The third-order valence-electron chi connectivity index (χ3n) is 3.37. The van der Waals surface area contributed by atoms with Crippen molar-refractivity contribution in [1.29, 1.82) is 0 Å². The number of hydrogen-bond acceptors (Lipinski definition) is 3. The Morgan fingerprint density at radius 2 is 1.94 bits per heavy atom. The first-order chi connectivity index (χ1) is 8.72. The Bertz CT molecular complexity index is 397. The van der Waals surface area contributed by atoms with Crippen LogP contribution in [0.3, 0.4) is 0 Å². The lowest BCUT2D eigenvalue weighted by atomic mass is 10.0. The topological polar surface area (TPSA) is 52.6 Å². The molecule has 0 bridgehead atoms. The van der Waals surface area contributed by atoms with Gasteiger partial charge >= 0.3 is 0 Å². The van der Waals surface area contributed by atoms with E-state index in [1.165, 1.54) is 5.56 Å². The van der Waals surface area contributed by atoms with Crippen molar-refractivity contribution in [1.82, 2.24) is 10.2 Å². The largest absolute Gasteiger partial charge is 0.378 e. The van der Waals surface area contributed by atoms with E-state index in [1.807, 2.05) is 24.3 Å². The first-order valence-corrected chi connectivity index (χ1v) is 6.48. The van der Waals surface area contributed by atoms with Crippen molar-refractivity contribution in [2.45, 2.75) is 19.4 Å². The molecule has 98 valence electrons. The van der Waals surface area contributed by atoms with Crippen LogP contribution in [0, 0.1) is 0 Å². The van der Waals surface area contributed by atoms with Crippen LogP contribution in [-0.2, 0) is 11.2 Å². The molecule has 4 nitrogen and oxygen atoms in total. The van der Waals surface area contributed by atoms with Gasteiger partial charge in [-0.1, -0.05) is 31.2 Å². The lowest BCUT2D eigenvalue weighted by Crippen LogP contribution is -2.48. The molecular weight excluding hydrogens is 228 g/mol. The summed E-state index contributed by atoms with van der Waals surface area (Å²) in [6, 6.07) is 7.60. The molecule has 1 atom stereocenters. The molecular formula is C14H20N2O2. The zero-order valence-electron chi connectivity index (χ0n) is 10.7. The molecule has 4 heteroatoms. The maximum atomic E-state index is 12.1. The van der Waals surface area contributed by atoms with Gasteiger partial charge in [0, 0.05) is 26.2 Å². The van der Waals surface area contributed by atoms with Gasteiger partial charge in [-0.2, -0.15) is 0 Å². The fourth-order valence-electron chi connectivity index (χ4n) is 2.14. The average molecular weight is 248 g/mol. The van der Waals surface area contributed by atoms with Gasteiger partial charge in [0.15, 0.2) is 6.10 Å². The van der Waals surface area contributed by atoms with Gasteiger partial charge < -0.3 is 15.3 Å². The van der Waals surface area contributed by atoms with Gasteiger partial charge in [0.25, 0.3) is 5.91 Å². The predicted molar refractivity (Wildman–Crippen MR) is 70.2 cm³/mol. The minimum Gasteiger partial charge on any atom is -0.378 e. The number of aryl methyl sites for hydroxylation is 1. The van der Waals surface area contributed by atoms with E-state index in [9.17, 15) is 9.90 Å². The van der Waals surface area contributed by atoms with Gasteiger partial charge in [0.2, 0.25) is 0 Å². The Kier molecular flexibility index (Phi) is 4.33. The van der Waals surface area contributed by atoms with Crippen LogP contribution in [0.2, 0.25) is 0 Å². The van der Waals surface area contributed by atoms with Gasteiger partial charge in [-0.15, -0.1) is 0 Å². The van der Waals surface area contributed by atoms with Gasteiger partial charge in [-0.25, -0.2) is 0 Å². The van der Waals surface area contributed by atoms with Crippen LogP contribution in [0.15, 0.2) is 24.3 Å². The molecule has 1 aromatic rings. The lowest BCUT2D eigenvalue weighted by Gasteiger charge is -2.29. The van der Waals surface area contributed by atoms with E-state index >= 15 is 0 Å². The van der Waals surface area contributed by atoms with E-state index in [1.54, 1.807) is 4.90 Å². The Morgan fingerprint density at radius 1 is 1.33 bits per heavy atom. The van der Waals surface area contributed by atoms with Gasteiger partial charge in [0.05, 0.1) is 0 Å². The molecule has 1 saturated heterocycles. The molecule has 18 heavy (non-hydrogen) atoms. The standard InChI is InChI=1S/C14H20N2O2/c1-2-11-3-5-12(6-4-11)13(17)14(18)16-9-7-15-8-10-16/h3-6,13,15,17H,2,7-10H2,1H3. The van der Waals surface area contributed by atoms with Crippen LogP contribution in [-0.4, -0.2) is 42.1 Å². The number of nitrogens with one attached hydrogen (secondary N) is 1. The average Bonchev–Trinajstić information content (AvgIpc) is 2.47. The summed E-state index contributed by atoms with van der Waals surface area (Å²) in [5.41, 5.74) is 1.89. The minimum atomic E-state index is -1.03. The SMILES string of the molecule is CCc1ccc(C(O)C(=O)N2CCNCC2)cc1. The van der Waals surface area contributed by atoms with E-state index in [-0.39, 0.29) is 5.91 Å². The van der Waals surface area contributed by atoms with Crippen molar-refractivity contribution in [2.75, 3.05) is 26.2 Å². The molecule has 0 saturated carbocycles. The number of amides is 1. The zero-order valence-corrected chi connectivity index (χ0v) is 10.7. The summed E-state index contributed by atoms with van der Waals surface area (Å²) in [6.07, 6.45) is -0.0729. The Morgan fingerprint density at radius 3 is 2.50 bits per heavy atom. The second-order valence-corrected chi connectivity index (χ2v) is 4.57. The second kappa shape index (κ2) is 5.98. The number of nitrogens with zero attached hydrogens (tertiary/aromatic N) is 1. The molecule has 0 aliphatic carbocycles. The number of carbonyl (C=O) groups is 1. The maximum Gasteiger partial charge on any atom is 0.256 e. The van der Waals surface area contributed by atoms with E-state index in [4.69, 9.17) is 0 Å². The summed E-state index contributed by atoms with van der Waals surface area (Å²) in [6.45, 7) is 5.02. The third kappa shape index (κ3) is 2.89. The summed E-state index contributed by atoms with van der Waals surface area (Å²) in [7, 11) is 0. The molecule has 0 radical (unpaired) electrons. The molecule has 0 aromatic heterocycles. The second-order valence-electron chi connectivity index (χ2n) is 4.57. The van der Waals surface area contributed by atoms with Gasteiger partial charge in [-0.05, 0) is 17.5 Å². The lowest BCUT2D eigenvalue weighted by molar-refractivity contribution is -0.141. The highest BCUT2D eigenvalue weighted by atomic mass is 16.3. The van der Waals surface area contributed by atoms with Crippen molar-refractivity contribution in [3.05, 3.63) is 35.4 Å². The Labute approximate surface area is 108 Å². The molecule has 1 heterocycles. The number of piperazine rings is 1. The molecule has 0 spiro atoms. The van der Waals surface area contributed by atoms with Crippen molar-refractivity contribution >= 4 is 5.91 Å². The normalized spacial score (nSPS) is 17.6. The van der Waals surface area contributed by atoms with Crippen LogP contribution >= 0.6 is 0 Å². The Balaban J connectivity index is 2.04. The van der Waals surface area contributed by atoms with Crippen molar-refractivity contribution in [3.8, 4) is 0 Å². The van der Waals surface area contributed by atoms with Gasteiger partial charge in [0.1, 0.15) is 0 Å². The fourth-order valence-corrected chi connectivity index (χ4v) is 2.14. The minimum absolute atomic E-state index is 0.194. The number of aliphatic hydroxyl groups is 1. The summed E-state index contributed by atoms with van der Waals surface area (Å²) < 4.78 is 0. The predicted octanol–water partition coefficient (Wildman–Crippen LogP) is 0.714. The number of rotatable bonds is 3. The van der Waals surface area contributed by atoms with E-state index in [0.717, 1.165) is 19.5 Å². The third-order valence-corrected chi connectivity index (χ3v) is 3.37. The van der Waals surface area contributed by atoms with Crippen molar-refractivity contribution < 1.29 is 9.90 Å². The van der Waals surface area contributed by atoms with Crippen LogP contribution in [0.5, 0.6) is 0 Å². The molecule has 1 aliphatic rings. The first kappa shape index (κ1) is 13.1.